The van der Waals surface area contributed by atoms with Crippen LogP contribution in [0.2, 0.25) is 0 Å². The molecule has 5 rings (SSSR count). The number of ether oxygens (including phenoxy) is 1. The predicted molar refractivity (Wildman–Crippen MR) is 133 cm³/mol. The fourth-order valence-electron chi connectivity index (χ4n) is 4.34. The van der Waals surface area contributed by atoms with Crippen molar-refractivity contribution in [1.82, 2.24) is 15.0 Å². The Balaban J connectivity index is 1.42. The maximum absolute atomic E-state index is 5.45. The molecule has 1 aliphatic heterocycles. The second kappa shape index (κ2) is 9.53. The minimum atomic E-state index is 0.781. The quantitative estimate of drug-likeness (QED) is 0.357. The summed E-state index contributed by atoms with van der Waals surface area (Å²) >= 11 is 0. The van der Waals surface area contributed by atoms with Crippen molar-refractivity contribution >= 4 is 33.7 Å². The summed E-state index contributed by atoms with van der Waals surface area (Å²) in [6, 6.07) is 13.0. The van der Waals surface area contributed by atoms with Crippen LogP contribution in [-0.4, -0.2) is 41.3 Å². The Morgan fingerprint density at radius 1 is 1.00 bits per heavy atom. The molecule has 0 atom stereocenters. The Morgan fingerprint density at radius 2 is 1.91 bits per heavy atom. The summed E-state index contributed by atoms with van der Waals surface area (Å²) < 4.78 is 5.45. The third-order valence-electron chi connectivity index (χ3n) is 6.18. The number of nitrogens with one attached hydrogen (secondary N) is 1. The number of allylic oxidation sites excluding steroid dienone is 1. The molecule has 32 heavy (non-hydrogen) atoms. The van der Waals surface area contributed by atoms with Gasteiger partial charge in [-0.1, -0.05) is 38.0 Å². The van der Waals surface area contributed by atoms with Crippen LogP contribution in [0.3, 0.4) is 0 Å². The van der Waals surface area contributed by atoms with E-state index in [1.165, 1.54) is 24.6 Å². The second-order valence-corrected chi connectivity index (χ2v) is 8.45. The number of anilines is 1. The number of hydrogen-bond acceptors (Lipinski definition) is 4. The van der Waals surface area contributed by atoms with Crippen molar-refractivity contribution in [3.63, 3.8) is 0 Å². The van der Waals surface area contributed by atoms with Crippen LogP contribution in [0, 0.1) is 0 Å². The smallest absolute Gasteiger partial charge is 0.138 e. The van der Waals surface area contributed by atoms with Gasteiger partial charge in [-0.3, -0.25) is 4.98 Å². The highest BCUT2D eigenvalue weighted by Gasteiger charge is 2.12. The van der Waals surface area contributed by atoms with Crippen LogP contribution in [0.4, 0.5) is 5.69 Å². The van der Waals surface area contributed by atoms with Gasteiger partial charge in [0, 0.05) is 41.1 Å². The van der Waals surface area contributed by atoms with Gasteiger partial charge in [0.1, 0.15) is 5.65 Å². The number of aromatic nitrogens is 3. The average molecular weight is 427 g/mol. The zero-order valence-corrected chi connectivity index (χ0v) is 18.7. The van der Waals surface area contributed by atoms with Crippen molar-refractivity contribution in [2.24, 2.45) is 0 Å². The SMILES string of the molecule is CCCCCC=Cc1cnc2[nH]c3ccc(-c4ccc(N5CCOCC5)cn4)cc3c2c1. The molecule has 1 aromatic carbocycles. The summed E-state index contributed by atoms with van der Waals surface area (Å²) in [6.07, 6.45) is 13.3. The van der Waals surface area contributed by atoms with Crippen LogP contribution in [0.5, 0.6) is 0 Å². The van der Waals surface area contributed by atoms with Gasteiger partial charge in [0.25, 0.3) is 0 Å². The molecule has 0 radical (unpaired) electrons. The van der Waals surface area contributed by atoms with Crippen LogP contribution in [0.1, 0.15) is 38.2 Å². The van der Waals surface area contributed by atoms with Crippen LogP contribution >= 0.6 is 0 Å². The van der Waals surface area contributed by atoms with E-state index in [4.69, 9.17) is 9.72 Å². The van der Waals surface area contributed by atoms with Gasteiger partial charge in [-0.05, 0) is 48.7 Å². The Bertz CT molecular complexity index is 1220. The summed E-state index contributed by atoms with van der Waals surface area (Å²) in [5.74, 6) is 0. The molecule has 5 nitrogen and oxygen atoms in total. The van der Waals surface area contributed by atoms with E-state index in [9.17, 15) is 0 Å². The number of pyridine rings is 2. The van der Waals surface area contributed by atoms with Crippen molar-refractivity contribution in [1.29, 1.82) is 0 Å². The van der Waals surface area contributed by atoms with E-state index in [2.05, 4.69) is 70.3 Å². The van der Waals surface area contributed by atoms with Gasteiger partial charge in [0.2, 0.25) is 0 Å². The number of nitrogens with zero attached hydrogens (tertiary/aromatic N) is 3. The molecule has 0 spiro atoms. The van der Waals surface area contributed by atoms with Crippen molar-refractivity contribution in [3.05, 3.63) is 60.4 Å². The maximum Gasteiger partial charge on any atom is 0.138 e. The number of aromatic amines is 1. The molecule has 1 aliphatic rings. The Hall–Kier alpha value is -3.18. The van der Waals surface area contributed by atoms with Gasteiger partial charge in [0.05, 0.1) is 30.8 Å². The highest BCUT2D eigenvalue weighted by Crippen LogP contribution is 2.30. The maximum atomic E-state index is 5.45. The lowest BCUT2D eigenvalue weighted by Gasteiger charge is -2.28. The molecule has 0 bridgehead atoms. The van der Waals surface area contributed by atoms with E-state index in [1.807, 2.05) is 12.4 Å². The first kappa shape index (κ1) is 20.7. The van der Waals surface area contributed by atoms with Gasteiger partial charge in [-0.25, -0.2) is 4.98 Å². The summed E-state index contributed by atoms with van der Waals surface area (Å²) in [5.41, 5.74) is 6.44. The normalized spacial score (nSPS) is 14.7. The molecule has 0 aliphatic carbocycles. The molecule has 4 aromatic rings. The van der Waals surface area contributed by atoms with Crippen molar-refractivity contribution < 1.29 is 4.74 Å². The van der Waals surface area contributed by atoms with E-state index in [1.54, 1.807) is 0 Å². The summed E-state index contributed by atoms with van der Waals surface area (Å²) in [7, 11) is 0. The van der Waals surface area contributed by atoms with E-state index in [-0.39, 0.29) is 0 Å². The van der Waals surface area contributed by atoms with Gasteiger partial charge in [0.15, 0.2) is 0 Å². The average Bonchev–Trinajstić information content (AvgIpc) is 3.22. The number of morpholine rings is 1. The standard InChI is InChI=1S/C27H30N4O/c1-2-3-4-5-6-7-20-16-24-23-17-21(8-10-26(23)30-27(24)29-18-20)25-11-9-22(19-28-25)31-12-14-32-15-13-31/h6-11,16-19H,2-5,12-15H2,1H3,(H,29,30). The zero-order chi connectivity index (χ0) is 21.8. The minimum absolute atomic E-state index is 0.781. The van der Waals surface area contributed by atoms with Crippen LogP contribution in [-0.2, 0) is 4.74 Å². The van der Waals surface area contributed by atoms with Gasteiger partial charge in [-0.15, -0.1) is 0 Å². The number of benzene rings is 1. The van der Waals surface area contributed by atoms with Crippen LogP contribution in [0.25, 0.3) is 39.3 Å². The molecule has 5 heteroatoms. The third kappa shape index (κ3) is 4.39. The molecule has 1 fully saturated rings. The first-order valence-corrected chi connectivity index (χ1v) is 11.7. The van der Waals surface area contributed by atoms with E-state index >= 15 is 0 Å². The van der Waals surface area contributed by atoms with Gasteiger partial charge < -0.3 is 14.6 Å². The molecule has 1 saturated heterocycles. The van der Waals surface area contributed by atoms with E-state index in [0.29, 0.717) is 0 Å². The number of fused-ring (bicyclic) bond motifs is 3. The Kier molecular flexibility index (Phi) is 6.17. The lowest BCUT2D eigenvalue weighted by molar-refractivity contribution is 0.122. The van der Waals surface area contributed by atoms with E-state index in [0.717, 1.165) is 71.8 Å². The van der Waals surface area contributed by atoms with Crippen LogP contribution < -0.4 is 4.90 Å². The Morgan fingerprint density at radius 3 is 2.72 bits per heavy atom. The molecule has 164 valence electrons. The lowest BCUT2D eigenvalue weighted by atomic mass is 10.1. The van der Waals surface area contributed by atoms with Gasteiger partial charge >= 0.3 is 0 Å². The number of rotatable bonds is 7. The van der Waals surface area contributed by atoms with Gasteiger partial charge in [-0.2, -0.15) is 0 Å². The molecule has 0 unspecified atom stereocenters. The number of hydrogen-bond donors (Lipinski definition) is 1. The highest BCUT2D eigenvalue weighted by atomic mass is 16.5. The molecule has 0 amide bonds. The second-order valence-electron chi connectivity index (χ2n) is 8.45. The summed E-state index contributed by atoms with van der Waals surface area (Å²) in [5, 5.41) is 2.34. The zero-order valence-electron chi connectivity index (χ0n) is 18.7. The highest BCUT2D eigenvalue weighted by molar-refractivity contribution is 6.07. The monoisotopic (exact) mass is 426 g/mol. The molecule has 0 saturated carbocycles. The predicted octanol–water partition coefficient (Wildman–Crippen LogP) is 6.21. The third-order valence-corrected chi connectivity index (χ3v) is 6.18. The largest absolute Gasteiger partial charge is 0.378 e. The fraction of sp³-hybridized carbons (Fsp3) is 0.333. The first-order valence-electron chi connectivity index (χ1n) is 11.7. The summed E-state index contributed by atoms with van der Waals surface area (Å²) in [6.45, 7) is 5.64. The van der Waals surface area contributed by atoms with Crippen molar-refractivity contribution in [2.75, 3.05) is 31.2 Å². The molecule has 4 heterocycles. The van der Waals surface area contributed by atoms with E-state index < -0.39 is 0 Å². The number of unbranched alkanes of at least 4 members (excludes halogenated alkanes) is 3. The molecular formula is C27H30N4O. The lowest BCUT2D eigenvalue weighted by Crippen LogP contribution is -2.36. The Labute approximate surface area is 189 Å². The molecule has 3 aromatic heterocycles. The first-order chi connectivity index (χ1) is 15.8. The van der Waals surface area contributed by atoms with Crippen molar-refractivity contribution in [3.8, 4) is 11.3 Å². The van der Waals surface area contributed by atoms with Crippen molar-refractivity contribution in [2.45, 2.75) is 32.6 Å². The molecule has 1 N–H and O–H groups in total. The summed E-state index contributed by atoms with van der Waals surface area (Å²) in [4.78, 5) is 15.2. The minimum Gasteiger partial charge on any atom is -0.378 e. The topological polar surface area (TPSA) is 54.0 Å². The molecular weight excluding hydrogens is 396 g/mol. The van der Waals surface area contributed by atoms with Crippen LogP contribution in [0.15, 0.2) is 54.9 Å². The number of H-pyrrole nitrogens is 1. The fourth-order valence-corrected chi connectivity index (χ4v) is 4.34.